The molecule has 3 N–H and O–H groups in total. The molecule has 4 rings (SSSR count). The van der Waals surface area contributed by atoms with Gasteiger partial charge in [0.05, 0.1) is 6.61 Å². The highest BCUT2D eigenvalue weighted by atomic mass is 16.3. The van der Waals surface area contributed by atoms with Crippen LogP contribution in [0.1, 0.15) is 58.3 Å². The van der Waals surface area contributed by atoms with E-state index in [-0.39, 0.29) is 23.7 Å². The fourth-order valence-electron chi connectivity index (χ4n) is 7.26. The van der Waals surface area contributed by atoms with Crippen LogP contribution in [0.2, 0.25) is 0 Å². The van der Waals surface area contributed by atoms with Gasteiger partial charge in [-0.2, -0.15) is 0 Å². The molecule has 6 unspecified atom stereocenters. The second-order valence-electron chi connectivity index (χ2n) is 9.30. The summed E-state index contributed by atoms with van der Waals surface area (Å²) in [7, 11) is 0. The van der Waals surface area contributed by atoms with Crippen molar-refractivity contribution in [1.82, 2.24) is 0 Å². The second kappa shape index (κ2) is 5.98. The zero-order valence-corrected chi connectivity index (χ0v) is 15.5. The molecular weight excluding hydrogens is 332 g/mol. The van der Waals surface area contributed by atoms with Crippen LogP contribution < -0.4 is 0 Å². The Morgan fingerprint density at radius 3 is 2.54 bits per heavy atom. The molecule has 3 fully saturated rings. The van der Waals surface area contributed by atoms with Crippen LogP contribution in [0.25, 0.3) is 0 Å². The van der Waals surface area contributed by atoms with Crippen LogP contribution >= 0.6 is 0 Å². The van der Waals surface area contributed by atoms with Crippen molar-refractivity contribution in [2.75, 3.05) is 13.2 Å². The average molecular weight is 362 g/mol. The van der Waals surface area contributed by atoms with Gasteiger partial charge >= 0.3 is 0 Å². The van der Waals surface area contributed by atoms with Crippen molar-refractivity contribution in [2.24, 2.45) is 28.6 Å². The highest BCUT2D eigenvalue weighted by molar-refractivity contribution is 5.92. The predicted octanol–water partition coefficient (Wildman–Crippen LogP) is 1.78. The number of aliphatic hydroxyl groups excluding tert-OH is 2. The lowest BCUT2D eigenvalue weighted by atomic mass is 9.46. The molecule has 0 aromatic rings. The smallest absolute Gasteiger partial charge is 0.190 e. The van der Waals surface area contributed by atoms with Gasteiger partial charge in [0.1, 0.15) is 12.2 Å². The standard InChI is InChI=1S/C21H30O5/c1-19-7-5-17-15(16(19)6-9-21(19,26)18(25)11-22)3-2-13-10-14(24)4-8-20(13,17)12-23/h10,15-17,22-23,26H,2-9,11-12H2,1H3. The predicted molar refractivity (Wildman–Crippen MR) is 95.2 cm³/mol. The van der Waals surface area contributed by atoms with Gasteiger partial charge in [0, 0.05) is 17.3 Å². The topological polar surface area (TPSA) is 94.8 Å². The van der Waals surface area contributed by atoms with Gasteiger partial charge < -0.3 is 15.3 Å². The van der Waals surface area contributed by atoms with Crippen LogP contribution in [0.5, 0.6) is 0 Å². The molecule has 5 nitrogen and oxygen atoms in total. The molecule has 4 aliphatic rings. The number of carbonyl (C=O) groups is 2. The first-order valence-corrected chi connectivity index (χ1v) is 10.0. The number of ketones is 2. The number of fused-ring (bicyclic) bond motifs is 5. The molecule has 0 heterocycles. The van der Waals surface area contributed by atoms with Crippen molar-refractivity contribution < 1.29 is 24.9 Å². The van der Waals surface area contributed by atoms with Gasteiger partial charge in [-0.1, -0.05) is 12.5 Å². The van der Waals surface area contributed by atoms with Gasteiger partial charge in [0.2, 0.25) is 0 Å². The van der Waals surface area contributed by atoms with E-state index in [9.17, 15) is 24.9 Å². The Bertz CT molecular complexity index is 669. The maximum Gasteiger partial charge on any atom is 0.190 e. The van der Waals surface area contributed by atoms with Gasteiger partial charge in [-0.15, -0.1) is 0 Å². The number of carbonyl (C=O) groups excluding carboxylic acids is 2. The third-order valence-electron chi connectivity index (χ3n) is 8.72. The van der Waals surface area contributed by atoms with Crippen LogP contribution in [0.15, 0.2) is 11.6 Å². The molecule has 3 saturated carbocycles. The van der Waals surface area contributed by atoms with Gasteiger partial charge in [0.15, 0.2) is 11.6 Å². The van der Waals surface area contributed by atoms with Crippen molar-refractivity contribution >= 4 is 11.6 Å². The quantitative estimate of drug-likeness (QED) is 0.711. The Labute approximate surface area is 154 Å². The lowest BCUT2D eigenvalue weighted by Crippen LogP contribution is -2.59. The van der Waals surface area contributed by atoms with Crippen molar-refractivity contribution in [3.8, 4) is 0 Å². The van der Waals surface area contributed by atoms with Crippen LogP contribution in [-0.2, 0) is 9.59 Å². The molecule has 0 spiro atoms. The van der Waals surface area contributed by atoms with Gasteiger partial charge in [-0.05, 0) is 68.8 Å². The van der Waals surface area contributed by atoms with E-state index in [0.29, 0.717) is 24.7 Å². The Balaban J connectivity index is 1.70. The first-order chi connectivity index (χ1) is 12.3. The summed E-state index contributed by atoms with van der Waals surface area (Å²) in [6.45, 7) is 1.49. The largest absolute Gasteiger partial charge is 0.395 e. The SMILES string of the molecule is CC12CCC3C(CCC4=CC(=O)CCC43CO)C1CCC2(O)C(=O)CO. The average Bonchev–Trinajstić information content (AvgIpc) is 2.93. The van der Waals surface area contributed by atoms with Crippen molar-refractivity contribution in [3.63, 3.8) is 0 Å². The Kier molecular flexibility index (Phi) is 4.22. The summed E-state index contributed by atoms with van der Waals surface area (Å²) in [6, 6.07) is 0. The zero-order chi connectivity index (χ0) is 18.7. The van der Waals surface area contributed by atoms with E-state index in [0.717, 1.165) is 44.1 Å². The normalized spacial score (nSPS) is 47.6. The molecule has 4 aliphatic carbocycles. The van der Waals surface area contributed by atoms with Crippen molar-refractivity contribution in [3.05, 3.63) is 11.6 Å². The summed E-state index contributed by atoms with van der Waals surface area (Å²) in [5.74, 6) is 0.616. The summed E-state index contributed by atoms with van der Waals surface area (Å²) in [6.07, 6.45) is 7.57. The maximum atomic E-state index is 12.4. The van der Waals surface area contributed by atoms with E-state index in [4.69, 9.17) is 0 Å². The van der Waals surface area contributed by atoms with Gasteiger partial charge in [-0.3, -0.25) is 9.59 Å². The van der Waals surface area contributed by atoms with E-state index in [1.807, 2.05) is 6.92 Å². The minimum atomic E-state index is -1.43. The maximum absolute atomic E-state index is 12.4. The zero-order valence-electron chi connectivity index (χ0n) is 15.5. The summed E-state index contributed by atoms with van der Waals surface area (Å²) < 4.78 is 0. The van der Waals surface area contributed by atoms with E-state index in [1.54, 1.807) is 6.08 Å². The number of rotatable bonds is 3. The monoisotopic (exact) mass is 362 g/mol. The molecule has 0 aliphatic heterocycles. The van der Waals surface area contributed by atoms with Crippen molar-refractivity contribution in [1.29, 1.82) is 0 Å². The first kappa shape index (κ1) is 18.3. The Morgan fingerprint density at radius 2 is 1.85 bits per heavy atom. The molecule has 5 heteroatoms. The molecule has 0 amide bonds. The van der Waals surface area contributed by atoms with Gasteiger partial charge in [-0.25, -0.2) is 0 Å². The third kappa shape index (κ3) is 2.14. The molecule has 0 aromatic carbocycles. The van der Waals surface area contributed by atoms with Gasteiger partial charge in [0.25, 0.3) is 0 Å². The number of hydrogen-bond acceptors (Lipinski definition) is 5. The molecule has 0 aromatic heterocycles. The Hall–Kier alpha value is -1.04. The van der Waals surface area contributed by atoms with E-state index in [2.05, 4.69) is 0 Å². The van der Waals surface area contributed by atoms with Crippen LogP contribution in [0, 0.1) is 28.6 Å². The van der Waals surface area contributed by atoms with E-state index in [1.165, 1.54) is 0 Å². The molecular formula is C21H30O5. The summed E-state index contributed by atoms with van der Waals surface area (Å²) in [4.78, 5) is 24.3. The fourth-order valence-corrected chi connectivity index (χ4v) is 7.26. The minimum Gasteiger partial charge on any atom is -0.395 e. The number of Topliss-reactive ketones (excluding diaryl/α,β-unsaturated/α-hetero) is 1. The number of hydrogen-bond donors (Lipinski definition) is 3. The van der Waals surface area contributed by atoms with Crippen LogP contribution in [0.4, 0.5) is 0 Å². The molecule has 0 radical (unpaired) electrons. The molecule has 6 atom stereocenters. The molecule has 26 heavy (non-hydrogen) atoms. The van der Waals surface area contributed by atoms with Crippen LogP contribution in [-0.4, -0.2) is 45.7 Å². The second-order valence-corrected chi connectivity index (χ2v) is 9.30. The lowest BCUT2D eigenvalue weighted by molar-refractivity contribution is -0.166. The van der Waals surface area contributed by atoms with E-state index < -0.39 is 23.4 Å². The Morgan fingerprint density at radius 1 is 1.12 bits per heavy atom. The third-order valence-corrected chi connectivity index (χ3v) is 8.72. The summed E-state index contributed by atoms with van der Waals surface area (Å²) >= 11 is 0. The lowest BCUT2D eigenvalue weighted by Gasteiger charge is -2.59. The number of aliphatic hydroxyl groups is 3. The van der Waals surface area contributed by atoms with Crippen molar-refractivity contribution in [2.45, 2.75) is 63.9 Å². The molecule has 144 valence electrons. The summed E-state index contributed by atoms with van der Waals surface area (Å²) in [5, 5.41) is 30.9. The minimum absolute atomic E-state index is 0.0799. The summed E-state index contributed by atoms with van der Waals surface area (Å²) in [5.41, 5.74) is -1.10. The fraction of sp³-hybridized carbons (Fsp3) is 0.810. The van der Waals surface area contributed by atoms with Crippen LogP contribution in [0.3, 0.4) is 0 Å². The highest BCUT2D eigenvalue weighted by Gasteiger charge is 2.66. The highest BCUT2D eigenvalue weighted by Crippen LogP contribution is 2.67. The molecule has 0 saturated heterocycles. The molecule has 0 bridgehead atoms. The van der Waals surface area contributed by atoms with E-state index >= 15 is 0 Å². The first-order valence-electron chi connectivity index (χ1n) is 10.0.